The number of carbonyl (C=O) groups is 1. The summed E-state index contributed by atoms with van der Waals surface area (Å²) in [4.78, 5) is 15.3. The molecule has 0 atom stereocenters. The minimum atomic E-state index is -0.268. The number of benzene rings is 1. The number of rotatable bonds is 6. The van der Waals surface area contributed by atoms with Crippen LogP contribution in [0, 0.1) is 11.7 Å². The molecule has 2 aromatic rings. The van der Waals surface area contributed by atoms with Crippen LogP contribution < -0.4 is 5.32 Å². The Morgan fingerprint density at radius 1 is 1.17 bits per heavy atom. The molecular weight excluding hydrogens is 367 g/mol. The van der Waals surface area contributed by atoms with Gasteiger partial charge in [0.1, 0.15) is 5.82 Å². The summed E-state index contributed by atoms with van der Waals surface area (Å²) in [6.07, 6.45) is 7.47. The number of carbonyl (C=O) groups excluding carboxylic acids is 1. The molecular formula is C23H31FN4O. The Bertz CT molecular complexity index is 837. The highest BCUT2D eigenvalue weighted by molar-refractivity contribution is 5.94. The van der Waals surface area contributed by atoms with E-state index in [4.69, 9.17) is 0 Å². The van der Waals surface area contributed by atoms with Crippen molar-refractivity contribution in [1.29, 1.82) is 0 Å². The highest BCUT2D eigenvalue weighted by atomic mass is 19.1. The Hall–Kier alpha value is -2.21. The fourth-order valence-electron chi connectivity index (χ4n) is 4.45. The smallest absolute Gasteiger partial charge is 0.272 e. The Labute approximate surface area is 172 Å². The number of fused-ring (bicyclic) bond motifs is 1. The molecule has 156 valence electrons. The largest absolute Gasteiger partial charge is 0.351 e. The third-order valence-electron chi connectivity index (χ3n) is 6.28. The van der Waals surface area contributed by atoms with Crippen molar-refractivity contribution in [3.8, 4) is 5.69 Å². The zero-order chi connectivity index (χ0) is 20.2. The Kier molecular flexibility index (Phi) is 6.28. The summed E-state index contributed by atoms with van der Waals surface area (Å²) in [5.41, 5.74) is 3.50. The van der Waals surface area contributed by atoms with Gasteiger partial charge in [-0.25, -0.2) is 9.07 Å². The molecule has 1 aromatic carbocycles. The molecule has 1 fully saturated rings. The zero-order valence-electron chi connectivity index (χ0n) is 17.3. The fourth-order valence-corrected chi connectivity index (χ4v) is 4.45. The maximum atomic E-state index is 13.3. The average Bonchev–Trinajstić information content (AvgIpc) is 3.13. The molecule has 1 aliphatic carbocycles. The number of halogens is 1. The van der Waals surface area contributed by atoms with E-state index in [9.17, 15) is 9.18 Å². The van der Waals surface area contributed by atoms with Gasteiger partial charge >= 0.3 is 0 Å². The summed E-state index contributed by atoms with van der Waals surface area (Å²) in [6.45, 7) is 6.37. The maximum absolute atomic E-state index is 13.3. The van der Waals surface area contributed by atoms with Gasteiger partial charge < -0.3 is 10.2 Å². The predicted molar refractivity (Wildman–Crippen MR) is 112 cm³/mol. The molecule has 4 rings (SSSR count). The van der Waals surface area contributed by atoms with Gasteiger partial charge in [0.05, 0.1) is 5.69 Å². The minimum absolute atomic E-state index is 0.0868. The summed E-state index contributed by atoms with van der Waals surface area (Å²) in [5, 5.41) is 7.71. The van der Waals surface area contributed by atoms with E-state index in [0.717, 1.165) is 61.5 Å². The number of piperidine rings is 1. The van der Waals surface area contributed by atoms with Crippen LogP contribution in [0.3, 0.4) is 0 Å². The van der Waals surface area contributed by atoms with Crippen molar-refractivity contribution >= 4 is 5.91 Å². The molecule has 0 unspecified atom stereocenters. The first-order chi connectivity index (χ1) is 14.1. The average molecular weight is 399 g/mol. The van der Waals surface area contributed by atoms with E-state index in [2.05, 4.69) is 22.2 Å². The van der Waals surface area contributed by atoms with Crippen LogP contribution in [0.15, 0.2) is 24.3 Å². The lowest BCUT2D eigenvalue weighted by Gasteiger charge is -2.30. The van der Waals surface area contributed by atoms with E-state index in [0.29, 0.717) is 12.2 Å². The third kappa shape index (κ3) is 4.69. The van der Waals surface area contributed by atoms with Gasteiger partial charge in [-0.3, -0.25) is 4.79 Å². The van der Waals surface area contributed by atoms with Gasteiger partial charge in [0.2, 0.25) is 0 Å². The van der Waals surface area contributed by atoms with Crippen LogP contribution >= 0.6 is 0 Å². The van der Waals surface area contributed by atoms with Crippen molar-refractivity contribution in [3.63, 3.8) is 0 Å². The number of hydrogen-bond donors (Lipinski definition) is 1. The van der Waals surface area contributed by atoms with E-state index in [1.807, 2.05) is 4.68 Å². The van der Waals surface area contributed by atoms with E-state index in [-0.39, 0.29) is 11.7 Å². The molecule has 0 spiro atoms. The topological polar surface area (TPSA) is 50.2 Å². The molecule has 0 radical (unpaired) electrons. The molecule has 6 heteroatoms. The van der Waals surface area contributed by atoms with Crippen LogP contribution in [0.2, 0.25) is 0 Å². The molecule has 1 saturated heterocycles. The minimum Gasteiger partial charge on any atom is -0.351 e. The molecule has 2 heterocycles. The van der Waals surface area contributed by atoms with E-state index in [1.54, 1.807) is 12.1 Å². The second-order valence-corrected chi connectivity index (χ2v) is 8.50. The van der Waals surface area contributed by atoms with Crippen LogP contribution in [0.25, 0.3) is 5.69 Å². The van der Waals surface area contributed by atoms with Crippen molar-refractivity contribution in [2.45, 2.75) is 51.9 Å². The quantitative estimate of drug-likeness (QED) is 0.754. The first-order valence-corrected chi connectivity index (χ1v) is 11.0. The number of aromatic nitrogens is 2. The molecule has 5 nitrogen and oxygen atoms in total. The van der Waals surface area contributed by atoms with E-state index < -0.39 is 0 Å². The number of likely N-dealkylation sites (tertiary alicyclic amines) is 1. The monoisotopic (exact) mass is 398 g/mol. The fraction of sp³-hybridized carbons (Fsp3) is 0.565. The van der Waals surface area contributed by atoms with Gasteiger partial charge in [-0.05, 0) is 94.8 Å². The third-order valence-corrected chi connectivity index (χ3v) is 6.28. The Morgan fingerprint density at radius 3 is 2.66 bits per heavy atom. The van der Waals surface area contributed by atoms with E-state index >= 15 is 0 Å². The molecule has 2 aliphatic rings. The second-order valence-electron chi connectivity index (χ2n) is 8.50. The van der Waals surface area contributed by atoms with Crippen molar-refractivity contribution in [2.24, 2.45) is 5.92 Å². The molecule has 29 heavy (non-hydrogen) atoms. The SMILES string of the molecule is CC1CCN(CCCNC(=O)c2nn(-c3ccc(F)cc3)c3c2CCCC3)CC1. The van der Waals surface area contributed by atoms with Crippen LogP contribution in [0.4, 0.5) is 4.39 Å². The molecule has 0 bridgehead atoms. The number of hydrogen-bond acceptors (Lipinski definition) is 3. The Balaban J connectivity index is 1.40. The van der Waals surface area contributed by atoms with Crippen LogP contribution in [0.1, 0.15) is 60.8 Å². The van der Waals surface area contributed by atoms with Crippen molar-refractivity contribution in [3.05, 3.63) is 47.0 Å². The van der Waals surface area contributed by atoms with Gasteiger partial charge in [-0.1, -0.05) is 6.92 Å². The molecule has 1 amide bonds. The van der Waals surface area contributed by atoms with Gasteiger partial charge in [-0.15, -0.1) is 0 Å². The Morgan fingerprint density at radius 2 is 1.90 bits per heavy atom. The summed E-state index contributed by atoms with van der Waals surface area (Å²) >= 11 is 0. The summed E-state index contributed by atoms with van der Waals surface area (Å²) < 4.78 is 15.1. The van der Waals surface area contributed by atoms with Crippen molar-refractivity contribution < 1.29 is 9.18 Å². The molecule has 1 N–H and O–H groups in total. The zero-order valence-corrected chi connectivity index (χ0v) is 17.3. The molecule has 0 saturated carbocycles. The molecule has 1 aliphatic heterocycles. The van der Waals surface area contributed by atoms with Crippen LogP contribution in [0.5, 0.6) is 0 Å². The van der Waals surface area contributed by atoms with E-state index in [1.165, 1.54) is 38.1 Å². The van der Waals surface area contributed by atoms with Crippen LogP contribution in [-0.2, 0) is 12.8 Å². The first kappa shape index (κ1) is 20.1. The highest BCUT2D eigenvalue weighted by Gasteiger charge is 2.25. The van der Waals surface area contributed by atoms with Gasteiger partial charge in [0.15, 0.2) is 5.69 Å². The lowest BCUT2D eigenvalue weighted by molar-refractivity contribution is 0.0944. The lowest BCUT2D eigenvalue weighted by Crippen LogP contribution is -2.35. The maximum Gasteiger partial charge on any atom is 0.272 e. The molecule has 1 aromatic heterocycles. The standard InChI is InChI=1S/C23H31FN4O/c1-17-11-15-27(16-12-17)14-4-13-25-23(29)22-20-5-2-3-6-21(20)28(26-22)19-9-7-18(24)8-10-19/h7-10,17H,2-6,11-16H2,1H3,(H,25,29). The summed E-state index contributed by atoms with van der Waals surface area (Å²) in [5.74, 6) is 0.487. The predicted octanol–water partition coefficient (Wildman–Crippen LogP) is 3.74. The van der Waals surface area contributed by atoms with Gasteiger partial charge in [-0.2, -0.15) is 5.10 Å². The highest BCUT2D eigenvalue weighted by Crippen LogP contribution is 2.27. The van der Waals surface area contributed by atoms with Crippen molar-refractivity contribution in [2.75, 3.05) is 26.2 Å². The number of amides is 1. The summed E-state index contributed by atoms with van der Waals surface area (Å²) in [7, 11) is 0. The number of nitrogens with zero attached hydrogens (tertiary/aromatic N) is 3. The number of nitrogens with one attached hydrogen (secondary N) is 1. The summed E-state index contributed by atoms with van der Waals surface area (Å²) in [6, 6.07) is 6.32. The second kappa shape index (κ2) is 9.08. The van der Waals surface area contributed by atoms with Gasteiger partial charge in [0, 0.05) is 17.8 Å². The normalized spacial score (nSPS) is 17.9. The lowest BCUT2D eigenvalue weighted by atomic mass is 9.95. The first-order valence-electron chi connectivity index (χ1n) is 11.0. The van der Waals surface area contributed by atoms with Crippen LogP contribution in [-0.4, -0.2) is 46.8 Å². The van der Waals surface area contributed by atoms with Crippen molar-refractivity contribution in [1.82, 2.24) is 20.0 Å². The van der Waals surface area contributed by atoms with Gasteiger partial charge in [0.25, 0.3) is 5.91 Å².